The standard InChI is InChI=1S/C23H20ClN3O3S/c1-15(30-19-12-10-16-6-2-3-8-18(16)14-19)22(29)26-27-23(31)25-21(28)13-11-17-7-4-5-9-20(17)24/h2-15H,1H3,(H,26,29)(H2,25,27,28,31). The van der Waals surface area contributed by atoms with Crippen molar-refractivity contribution >= 4 is 57.6 Å². The summed E-state index contributed by atoms with van der Waals surface area (Å²) in [6.07, 6.45) is 2.08. The average Bonchev–Trinajstić information content (AvgIpc) is 2.76. The van der Waals surface area contributed by atoms with Crippen molar-refractivity contribution in [1.82, 2.24) is 16.2 Å². The number of thiocarbonyl (C=S) groups is 1. The summed E-state index contributed by atoms with van der Waals surface area (Å²) in [7, 11) is 0. The van der Waals surface area contributed by atoms with Gasteiger partial charge in [-0.1, -0.05) is 60.1 Å². The Kier molecular flexibility index (Phi) is 7.59. The Morgan fingerprint density at radius 1 is 1.00 bits per heavy atom. The number of hydrazine groups is 1. The van der Waals surface area contributed by atoms with Gasteiger partial charge in [0.25, 0.3) is 5.91 Å². The first kappa shape index (κ1) is 22.3. The third-order valence-corrected chi connectivity index (χ3v) is 4.81. The summed E-state index contributed by atoms with van der Waals surface area (Å²) in [5, 5.41) is 5.00. The van der Waals surface area contributed by atoms with Gasteiger partial charge in [-0.05, 0) is 59.8 Å². The van der Waals surface area contributed by atoms with Gasteiger partial charge >= 0.3 is 0 Å². The van der Waals surface area contributed by atoms with Crippen LogP contribution in [0.1, 0.15) is 12.5 Å². The van der Waals surface area contributed by atoms with Gasteiger partial charge in [0.2, 0.25) is 5.91 Å². The van der Waals surface area contributed by atoms with E-state index in [4.69, 9.17) is 28.6 Å². The fourth-order valence-corrected chi connectivity index (χ4v) is 3.03. The van der Waals surface area contributed by atoms with Crippen LogP contribution in [0.25, 0.3) is 16.8 Å². The smallest absolute Gasteiger partial charge is 0.279 e. The fourth-order valence-electron chi connectivity index (χ4n) is 2.68. The van der Waals surface area contributed by atoms with Gasteiger partial charge in [0.05, 0.1) is 0 Å². The van der Waals surface area contributed by atoms with Crippen molar-refractivity contribution in [3.63, 3.8) is 0 Å². The van der Waals surface area contributed by atoms with E-state index >= 15 is 0 Å². The van der Waals surface area contributed by atoms with Gasteiger partial charge in [0.15, 0.2) is 11.2 Å². The van der Waals surface area contributed by atoms with E-state index in [2.05, 4.69) is 16.2 Å². The summed E-state index contributed by atoms with van der Waals surface area (Å²) in [5.74, 6) is -0.342. The largest absolute Gasteiger partial charge is 0.481 e. The van der Waals surface area contributed by atoms with Crippen molar-refractivity contribution in [2.24, 2.45) is 0 Å². The molecule has 1 unspecified atom stereocenters. The maximum atomic E-state index is 12.2. The SMILES string of the molecule is CC(Oc1ccc2ccccc2c1)C(=O)NNC(=S)NC(=O)C=Cc1ccccc1Cl. The Hall–Kier alpha value is -3.42. The van der Waals surface area contributed by atoms with Crippen LogP contribution in [-0.2, 0) is 9.59 Å². The monoisotopic (exact) mass is 453 g/mol. The Labute approximate surface area is 190 Å². The van der Waals surface area contributed by atoms with Crippen LogP contribution in [0.2, 0.25) is 5.02 Å². The van der Waals surface area contributed by atoms with Gasteiger partial charge in [-0.25, -0.2) is 0 Å². The molecule has 6 nitrogen and oxygen atoms in total. The zero-order valence-corrected chi connectivity index (χ0v) is 18.2. The second-order valence-corrected chi connectivity index (χ2v) is 7.37. The van der Waals surface area contributed by atoms with E-state index in [0.29, 0.717) is 16.3 Å². The van der Waals surface area contributed by atoms with Crippen LogP contribution in [0, 0.1) is 0 Å². The van der Waals surface area contributed by atoms with E-state index < -0.39 is 17.9 Å². The van der Waals surface area contributed by atoms with Crippen molar-refractivity contribution in [2.75, 3.05) is 0 Å². The number of fused-ring (bicyclic) bond motifs is 1. The van der Waals surface area contributed by atoms with Crippen LogP contribution >= 0.6 is 23.8 Å². The zero-order valence-electron chi connectivity index (χ0n) is 16.6. The molecule has 0 aliphatic heterocycles. The molecule has 3 aromatic rings. The fraction of sp³-hybridized carbons (Fsp3) is 0.0870. The molecule has 31 heavy (non-hydrogen) atoms. The minimum Gasteiger partial charge on any atom is -0.481 e. The van der Waals surface area contributed by atoms with E-state index in [-0.39, 0.29) is 5.11 Å². The molecule has 8 heteroatoms. The Balaban J connectivity index is 1.46. The average molecular weight is 454 g/mol. The van der Waals surface area contributed by atoms with E-state index in [0.717, 1.165) is 10.8 Å². The zero-order chi connectivity index (χ0) is 22.2. The van der Waals surface area contributed by atoms with Crippen LogP contribution < -0.4 is 20.9 Å². The molecule has 3 aromatic carbocycles. The number of ether oxygens (including phenoxy) is 1. The Morgan fingerprint density at radius 3 is 2.48 bits per heavy atom. The number of hydrogen-bond acceptors (Lipinski definition) is 4. The van der Waals surface area contributed by atoms with Crippen molar-refractivity contribution in [2.45, 2.75) is 13.0 Å². The molecule has 1 atom stereocenters. The predicted octanol–water partition coefficient (Wildman–Crippen LogP) is 4.00. The number of carbonyl (C=O) groups excluding carboxylic acids is 2. The molecule has 0 heterocycles. The third kappa shape index (κ3) is 6.53. The number of halogens is 1. The summed E-state index contributed by atoms with van der Waals surface area (Å²) in [6, 6.07) is 20.6. The van der Waals surface area contributed by atoms with Crippen molar-refractivity contribution < 1.29 is 14.3 Å². The molecular formula is C23H20ClN3O3S. The summed E-state index contributed by atoms with van der Waals surface area (Å²) in [4.78, 5) is 24.2. The van der Waals surface area contributed by atoms with Gasteiger partial charge < -0.3 is 4.74 Å². The first-order chi connectivity index (χ1) is 14.9. The molecule has 0 fully saturated rings. The quantitative estimate of drug-likeness (QED) is 0.309. The van der Waals surface area contributed by atoms with E-state index in [1.807, 2.05) is 42.5 Å². The highest BCUT2D eigenvalue weighted by Gasteiger charge is 2.15. The van der Waals surface area contributed by atoms with E-state index in [1.54, 1.807) is 37.3 Å². The van der Waals surface area contributed by atoms with Crippen molar-refractivity contribution in [3.05, 3.63) is 83.4 Å². The van der Waals surface area contributed by atoms with Gasteiger partial charge in [0, 0.05) is 11.1 Å². The molecule has 2 amide bonds. The molecule has 0 saturated heterocycles. The highest BCUT2D eigenvalue weighted by Crippen LogP contribution is 2.21. The van der Waals surface area contributed by atoms with Crippen molar-refractivity contribution in [3.8, 4) is 5.75 Å². The number of carbonyl (C=O) groups is 2. The number of nitrogens with one attached hydrogen (secondary N) is 3. The lowest BCUT2D eigenvalue weighted by molar-refractivity contribution is -0.128. The van der Waals surface area contributed by atoms with Crippen LogP contribution in [-0.4, -0.2) is 23.0 Å². The molecule has 0 aliphatic carbocycles. The van der Waals surface area contributed by atoms with Crippen LogP contribution in [0.5, 0.6) is 5.75 Å². The topological polar surface area (TPSA) is 79.5 Å². The summed E-state index contributed by atoms with van der Waals surface area (Å²) >= 11 is 11.0. The molecule has 3 rings (SSSR count). The first-order valence-electron chi connectivity index (χ1n) is 9.41. The molecular weight excluding hydrogens is 434 g/mol. The van der Waals surface area contributed by atoms with Crippen LogP contribution in [0.15, 0.2) is 72.8 Å². The molecule has 0 bridgehead atoms. The molecule has 0 aliphatic rings. The highest BCUT2D eigenvalue weighted by atomic mass is 35.5. The number of amides is 2. The predicted molar refractivity (Wildman–Crippen MR) is 127 cm³/mol. The number of rotatable bonds is 5. The lowest BCUT2D eigenvalue weighted by Gasteiger charge is -2.16. The molecule has 158 valence electrons. The minimum atomic E-state index is -0.785. The van der Waals surface area contributed by atoms with Gasteiger partial charge in [-0.3, -0.25) is 25.8 Å². The molecule has 0 radical (unpaired) electrons. The van der Waals surface area contributed by atoms with Gasteiger partial charge in [-0.15, -0.1) is 0 Å². The van der Waals surface area contributed by atoms with Gasteiger partial charge in [0.1, 0.15) is 5.75 Å². The second-order valence-electron chi connectivity index (χ2n) is 6.56. The van der Waals surface area contributed by atoms with Gasteiger partial charge in [-0.2, -0.15) is 0 Å². The van der Waals surface area contributed by atoms with E-state index in [9.17, 15) is 9.59 Å². The molecule has 0 spiro atoms. The minimum absolute atomic E-state index is 0.0555. The summed E-state index contributed by atoms with van der Waals surface area (Å²) in [6.45, 7) is 1.61. The maximum Gasteiger partial charge on any atom is 0.279 e. The Bertz CT molecular complexity index is 1150. The maximum absolute atomic E-state index is 12.2. The van der Waals surface area contributed by atoms with E-state index in [1.165, 1.54) is 6.08 Å². The summed E-state index contributed by atoms with van der Waals surface area (Å²) < 4.78 is 5.69. The Morgan fingerprint density at radius 2 is 1.71 bits per heavy atom. The number of hydrogen-bond donors (Lipinski definition) is 3. The number of benzene rings is 3. The molecule has 3 N–H and O–H groups in total. The first-order valence-corrected chi connectivity index (χ1v) is 10.2. The van der Waals surface area contributed by atoms with Crippen LogP contribution in [0.4, 0.5) is 0 Å². The summed E-state index contributed by atoms with van der Waals surface area (Å²) in [5.41, 5.74) is 5.59. The molecule has 0 aromatic heterocycles. The second kappa shape index (κ2) is 10.6. The van der Waals surface area contributed by atoms with Crippen LogP contribution in [0.3, 0.4) is 0 Å². The lowest BCUT2D eigenvalue weighted by atomic mass is 10.1. The lowest BCUT2D eigenvalue weighted by Crippen LogP contribution is -2.51. The highest BCUT2D eigenvalue weighted by molar-refractivity contribution is 7.80. The van der Waals surface area contributed by atoms with Crippen molar-refractivity contribution in [1.29, 1.82) is 0 Å². The normalized spacial score (nSPS) is 11.7. The molecule has 0 saturated carbocycles. The third-order valence-electron chi connectivity index (χ3n) is 4.26.